The molecule has 3 heterocycles. The van der Waals surface area contributed by atoms with Crippen molar-refractivity contribution >= 4 is 36.9 Å². The monoisotopic (exact) mass is 616 g/mol. The van der Waals surface area contributed by atoms with Crippen LogP contribution < -0.4 is 14.8 Å². The predicted octanol–water partition coefficient (Wildman–Crippen LogP) is 3.53. The molecule has 0 bridgehead atoms. The van der Waals surface area contributed by atoms with Crippen LogP contribution in [0.5, 0.6) is 5.75 Å². The average molecular weight is 617 g/mol. The van der Waals surface area contributed by atoms with E-state index in [1.807, 2.05) is 29.2 Å². The Morgan fingerprint density at radius 1 is 0.767 bits per heavy atom. The van der Waals surface area contributed by atoms with E-state index in [4.69, 9.17) is 14.9 Å². The average Bonchev–Trinajstić information content (AvgIpc) is 3.04. The summed E-state index contributed by atoms with van der Waals surface area (Å²) in [5.74, 6) is 1.14. The highest BCUT2D eigenvalue weighted by atomic mass is 32.2. The molecule has 43 heavy (non-hydrogen) atoms. The van der Waals surface area contributed by atoms with Crippen LogP contribution in [0.3, 0.4) is 0 Å². The maximum atomic E-state index is 13.2. The minimum absolute atomic E-state index is 0.0272. The van der Waals surface area contributed by atoms with Gasteiger partial charge in [0.1, 0.15) is 11.6 Å². The van der Waals surface area contributed by atoms with Crippen LogP contribution in [-0.2, 0) is 20.0 Å². The number of piperazine rings is 1. The molecule has 1 aliphatic rings. The molecular weight excluding hydrogens is 589 g/mol. The Morgan fingerprint density at radius 2 is 1.53 bits per heavy atom. The van der Waals surface area contributed by atoms with Gasteiger partial charge in [0.2, 0.25) is 20.0 Å². The summed E-state index contributed by atoms with van der Waals surface area (Å²) in [6, 6.07) is 20.5. The van der Waals surface area contributed by atoms with Crippen molar-refractivity contribution in [1.29, 1.82) is 0 Å². The fraction of sp³-hybridized carbons (Fsp3) is 0.167. The lowest BCUT2D eigenvalue weighted by Gasteiger charge is -2.34. The van der Waals surface area contributed by atoms with Gasteiger partial charge in [-0.1, -0.05) is 30.3 Å². The number of nitrogens with zero attached hydrogens (tertiary/aromatic N) is 5. The van der Waals surface area contributed by atoms with Crippen molar-refractivity contribution in [2.24, 2.45) is 5.14 Å². The van der Waals surface area contributed by atoms with Gasteiger partial charge < -0.3 is 9.64 Å². The molecule has 6 rings (SSSR count). The topological polar surface area (TPSA) is 149 Å². The zero-order chi connectivity index (χ0) is 30.2. The summed E-state index contributed by atoms with van der Waals surface area (Å²) in [4.78, 5) is 16.0. The quantitative estimate of drug-likeness (QED) is 0.290. The minimum atomic E-state index is -3.92. The number of anilines is 1. The molecule has 5 aromatic rings. The van der Waals surface area contributed by atoms with Gasteiger partial charge in [-0.3, -0.25) is 9.97 Å². The third kappa shape index (κ3) is 5.79. The highest BCUT2D eigenvalue weighted by Crippen LogP contribution is 2.31. The molecule has 0 atom stereocenters. The van der Waals surface area contributed by atoms with E-state index in [1.54, 1.807) is 55.0 Å². The Hall–Kier alpha value is -4.43. The van der Waals surface area contributed by atoms with Crippen LogP contribution in [0.25, 0.3) is 33.3 Å². The van der Waals surface area contributed by atoms with E-state index in [9.17, 15) is 16.8 Å². The molecule has 0 unspecified atom stereocenters. The molecule has 13 heteroatoms. The van der Waals surface area contributed by atoms with Crippen molar-refractivity contribution in [2.45, 2.75) is 9.79 Å². The Balaban J connectivity index is 1.24. The zero-order valence-electron chi connectivity index (χ0n) is 23.2. The molecule has 1 saturated heterocycles. The number of pyridine rings is 1. The van der Waals surface area contributed by atoms with Crippen molar-refractivity contribution < 1.29 is 21.6 Å². The van der Waals surface area contributed by atoms with Crippen LogP contribution >= 0.6 is 0 Å². The summed E-state index contributed by atoms with van der Waals surface area (Å²) in [5, 5.41) is 5.44. The second-order valence-corrected chi connectivity index (χ2v) is 13.5. The molecule has 3 aromatic carbocycles. The predicted molar refractivity (Wildman–Crippen MR) is 164 cm³/mol. The van der Waals surface area contributed by atoms with E-state index in [-0.39, 0.29) is 9.79 Å². The zero-order valence-corrected chi connectivity index (χ0v) is 24.8. The van der Waals surface area contributed by atoms with Gasteiger partial charge in [-0.25, -0.2) is 27.0 Å². The van der Waals surface area contributed by atoms with E-state index in [0.29, 0.717) is 59.9 Å². The smallest absolute Gasteiger partial charge is 0.243 e. The summed E-state index contributed by atoms with van der Waals surface area (Å²) in [6.07, 6.45) is 4.99. The van der Waals surface area contributed by atoms with Crippen LogP contribution in [0, 0.1) is 0 Å². The fourth-order valence-electron chi connectivity index (χ4n) is 5.10. The molecule has 0 amide bonds. The number of hydrogen-bond acceptors (Lipinski definition) is 9. The number of benzene rings is 3. The summed E-state index contributed by atoms with van der Waals surface area (Å²) < 4.78 is 57.4. The lowest BCUT2D eigenvalue weighted by molar-refractivity contribution is 0.382. The van der Waals surface area contributed by atoms with Crippen LogP contribution in [0.4, 0.5) is 5.82 Å². The van der Waals surface area contributed by atoms with Crippen molar-refractivity contribution in [3.05, 3.63) is 91.4 Å². The van der Waals surface area contributed by atoms with Crippen LogP contribution in [0.1, 0.15) is 0 Å². The first-order chi connectivity index (χ1) is 20.6. The number of fused-ring (bicyclic) bond motifs is 1. The van der Waals surface area contributed by atoms with Crippen molar-refractivity contribution in [3.8, 4) is 28.0 Å². The summed E-state index contributed by atoms with van der Waals surface area (Å²) in [7, 11) is -6.08. The van der Waals surface area contributed by atoms with Crippen LogP contribution in [0.15, 0.2) is 101 Å². The summed E-state index contributed by atoms with van der Waals surface area (Å²) >= 11 is 0. The van der Waals surface area contributed by atoms with E-state index < -0.39 is 20.0 Å². The highest BCUT2D eigenvalue weighted by Gasteiger charge is 2.29. The molecule has 1 fully saturated rings. The number of primary sulfonamides is 1. The second kappa shape index (κ2) is 11.3. The van der Waals surface area contributed by atoms with Gasteiger partial charge in [0, 0.05) is 61.3 Å². The fourth-order valence-corrected chi connectivity index (χ4v) is 7.32. The number of aromatic nitrogens is 3. The summed E-state index contributed by atoms with van der Waals surface area (Å²) in [5.41, 5.74) is 4.05. The van der Waals surface area contributed by atoms with Gasteiger partial charge in [0.25, 0.3) is 0 Å². The number of sulfonamides is 2. The lowest BCUT2D eigenvalue weighted by Crippen LogP contribution is -2.48. The molecule has 0 aliphatic carbocycles. The lowest BCUT2D eigenvalue weighted by atomic mass is 10.0. The molecule has 220 valence electrons. The second-order valence-electron chi connectivity index (χ2n) is 10.0. The van der Waals surface area contributed by atoms with E-state index in [0.717, 1.165) is 11.1 Å². The van der Waals surface area contributed by atoms with E-state index in [2.05, 4.69) is 9.97 Å². The summed E-state index contributed by atoms with van der Waals surface area (Å²) in [6.45, 7) is 1.52. The molecule has 2 aromatic heterocycles. The SMILES string of the molecule is COc1cccc(S(=O)(=O)N2CCN(c3cnc4ccc(-c5cncc(-c6ccccc6S(N)(=O)=O)c5)cc4n3)CC2)c1. The largest absolute Gasteiger partial charge is 0.497 e. The maximum Gasteiger partial charge on any atom is 0.243 e. The molecule has 0 spiro atoms. The Morgan fingerprint density at radius 3 is 2.30 bits per heavy atom. The Kier molecular flexibility index (Phi) is 7.56. The van der Waals surface area contributed by atoms with Crippen molar-refractivity contribution in [2.75, 3.05) is 38.2 Å². The molecular formula is C30H28N6O5S2. The highest BCUT2D eigenvalue weighted by molar-refractivity contribution is 7.89. The number of ether oxygens (including phenoxy) is 1. The first-order valence-corrected chi connectivity index (χ1v) is 16.4. The van der Waals surface area contributed by atoms with E-state index >= 15 is 0 Å². The Labute approximate surface area is 249 Å². The van der Waals surface area contributed by atoms with Crippen LogP contribution in [-0.4, -0.2) is 69.4 Å². The third-order valence-corrected chi connectivity index (χ3v) is 10.2. The normalized spacial score (nSPS) is 14.6. The number of rotatable bonds is 7. The maximum absolute atomic E-state index is 13.2. The number of nitrogens with two attached hydrogens (primary N) is 1. The van der Waals surface area contributed by atoms with Gasteiger partial charge >= 0.3 is 0 Å². The van der Waals surface area contributed by atoms with Gasteiger partial charge in [0.05, 0.1) is 34.1 Å². The van der Waals surface area contributed by atoms with Gasteiger partial charge in [-0.15, -0.1) is 0 Å². The van der Waals surface area contributed by atoms with Gasteiger partial charge in [-0.05, 0) is 42.0 Å². The van der Waals surface area contributed by atoms with E-state index in [1.165, 1.54) is 23.5 Å². The molecule has 0 radical (unpaired) electrons. The molecule has 0 saturated carbocycles. The third-order valence-electron chi connectivity index (χ3n) is 7.35. The first-order valence-electron chi connectivity index (χ1n) is 13.4. The van der Waals surface area contributed by atoms with Crippen molar-refractivity contribution in [3.63, 3.8) is 0 Å². The standard InChI is InChI=1S/C30H28N6O5S2/c1-41-24-5-4-6-25(17-24)43(39,40)36-13-11-35(12-14-36)30-20-33-27-10-9-21(16-28(27)34-30)22-15-23(19-32-18-22)26-7-2-3-8-29(26)42(31,37)38/h2-10,15-20H,11-14H2,1H3,(H2,31,37,38). The molecule has 11 nitrogen and oxygen atoms in total. The van der Waals surface area contributed by atoms with Crippen LogP contribution in [0.2, 0.25) is 0 Å². The number of methoxy groups -OCH3 is 1. The van der Waals surface area contributed by atoms with Gasteiger partial charge in [-0.2, -0.15) is 4.31 Å². The van der Waals surface area contributed by atoms with Gasteiger partial charge in [0.15, 0.2) is 0 Å². The van der Waals surface area contributed by atoms with Crippen molar-refractivity contribution in [1.82, 2.24) is 19.3 Å². The Bertz CT molecular complexity index is 2050. The first kappa shape index (κ1) is 28.7. The number of hydrogen-bond donors (Lipinski definition) is 1. The molecule has 2 N–H and O–H groups in total. The molecule has 1 aliphatic heterocycles. The minimum Gasteiger partial charge on any atom is -0.497 e.